The van der Waals surface area contributed by atoms with Gasteiger partial charge in [-0.15, -0.1) is 12.4 Å². The molecular formula is C32H31ClGeZr. The van der Waals surface area contributed by atoms with Crippen molar-refractivity contribution in [3.8, 4) is 0 Å². The summed E-state index contributed by atoms with van der Waals surface area (Å²) in [4.78, 5) is 0. The van der Waals surface area contributed by atoms with E-state index in [9.17, 15) is 0 Å². The molecule has 0 saturated heterocycles. The van der Waals surface area contributed by atoms with Crippen LogP contribution < -0.4 is 0 Å². The van der Waals surface area contributed by atoms with Crippen LogP contribution in [-0.4, -0.2) is 12.1 Å². The molecule has 0 radical (unpaired) electrons. The summed E-state index contributed by atoms with van der Waals surface area (Å²) in [6.45, 7) is 0. The molecule has 0 heterocycles. The molecule has 0 aromatic heterocycles. The van der Waals surface area contributed by atoms with Crippen LogP contribution in [0.25, 0.3) is 32.7 Å². The van der Waals surface area contributed by atoms with Gasteiger partial charge in [0.05, 0.1) is 0 Å². The Morgan fingerprint density at radius 1 is 0.571 bits per heavy atom. The van der Waals surface area contributed by atoms with E-state index in [1.165, 1.54) is 56.0 Å². The van der Waals surface area contributed by atoms with Crippen molar-refractivity contribution in [2.24, 2.45) is 0 Å². The van der Waals surface area contributed by atoms with Gasteiger partial charge in [0.15, 0.2) is 0 Å². The summed E-state index contributed by atoms with van der Waals surface area (Å²) in [5.41, 5.74) is 5.61. The van der Waals surface area contributed by atoms with Gasteiger partial charge in [-0.1, -0.05) is 0 Å². The molecule has 0 saturated carbocycles. The van der Waals surface area contributed by atoms with Gasteiger partial charge in [0.2, 0.25) is 0 Å². The van der Waals surface area contributed by atoms with Crippen LogP contribution >= 0.6 is 12.4 Å². The van der Waals surface area contributed by atoms with Crippen LogP contribution in [0, 0.1) is 0 Å². The van der Waals surface area contributed by atoms with E-state index in [2.05, 4.69) is 118 Å². The average molecular weight is 615 g/mol. The molecule has 2 aliphatic rings. The fourth-order valence-corrected chi connectivity index (χ4v) is 19.6. The molecule has 0 spiro atoms. The zero-order valence-electron chi connectivity index (χ0n) is 20.4. The summed E-state index contributed by atoms with van der Waals surface area (Å²) in [6, 6.07) is 31.0. The van der Waals surface area contributed by atoms with E-state index < -0.39 is 15.7 Å². The molecule has 0 N–H and O–H groups in total. The zero-order valence-corrected chi connectivity index (χ0v) is 26.7. The summed E-state index contributed by atoms with van der Waals surface area (Å²) in [7, 11) is 0. The molecule has 0 atom stereocenters. The summed E-state index contributed by atoms with van der Waals surface area (Å²) in [5.74, 6) is 0. The van der Waals surface area contributed by atoms with E-state index in [-0.39, 0.29) is 12.4 Å². The number of hydrogen-bond acceptors (Lipinski definition) is 0. The van der Waals surface area contributed by atoms with Crippen molar-refractivity contribution >= 4 is 57.2 Å². The minimum absolute atomic E-state index is 0. The molecule has 4 aromatic rings. The van der Waals surface area contributed by atoms with Crippen molar-refractivity contribution < 1.29 is 15.7 Å². The number of fused-ring (bicyclic) bond motifs is 2. The topological polar surface area (TPSA) is 0 Å². The number of halogens is 1. The minimum atomic E-state index is -3.14. The Kier molecular flexibility index (Phi) is 6.50. The Morgan fingerprint density at radius 2 is 0.971 bits per heavy atom. The molecule has 0 aliphatic heterocycles. The van der Waals surface area contributed by atoms with Crippen molar-refractivity contribution in [2.75, 3.05) is 0 Å². The van der Waals surface area contributed by atoms with Gasteiger partial charge in [0.1, 0.15) is 0 Å². The molecule has 6 rings (SSSR count). The second-order valence-electron chi connectivity index (χ2n) is 10.8. The number of allylic oxidation sites excluding steroid dienone is 8. The van der Waals surface area contributed by atoms with Crippen molar-refractivity contribution in [3.05, 3.63) is 127 Å². The van der Waals surface area contributed by atoms with Crippen molar-refractivity contribution in [3.63, 3.8) is 0 Å². The third-order valence-corrected chi connectivity index (χ3v) is 31.1. The van der Waals surface area contributed by atoms with Crippen molar-refractivity contribution in [1.29, 1.82) is 0 Å². The molecule has 0 fully saturated rings. The molecule has 0 nitrogen and oxygen atoms in total. The average Bonchev–Trinajstić information content (AvgIpc) is 3.55. The van der Waals surface area contributed by atoms with Gasteiger partial charge in [-0.3, -0.25) is 0 Å². The summed E-state index contributed by atoms with van der Waals surface area (Å²) in [6.07, 6.45) is 12.4. The Morgan fingerprint density at radius 3 is 1.43 bits per heavy atom. The molecule has 174 valence electrons. The first-order chi connectivity index (χ1) is 16.4. The van der Waals surface area contributed by atoms with Crippen LogP contribution in [0.15, 0.2) is 116 Å². The van der Waals surface area contributed by atoms with E-state index >= 15 is 0 Å². The summed E-state index contributed by atoms with van der Waals surface area (Å²) in [5, 5.41) is 5.38. The van der Waals surface area contributed by atoms with Gasteiger partial charge in [-0.2, -0.15) is 0 Å². The van der Waals surface area contributed by atoms with Crippen LogP contribution in [0.2, 0.25) is 9.26 Å². The third kappa shape index (κ3) is 4.31. The fraction of sp³-hybridized carbons (Fsp3) is 0.125. The van der Waals surface area contributed by atoms with E-state index in [1.807, 2.05) is 0 Å². The Balaban J connectivity index is 0.00000253. The van der Waals surface area contributed by atoms with Gasteiger partial charge in [-0.05, 0) is 0 Å². The summed E-state index contributed by atoms with van der Waals surface area (Å²) < 4.78 is 8.86. The van der Waals surface area contributed by atoms with Gasteiger partial charge >= 0.3 is 210 Å². The third-order valence-electron chi connectivity index (χ3n) is 8.00. The quantitative estimate of drug-likeness (QED) is 0.202. The molecule has 4 aromatic carbocycles. The monoisotopic (exact) mass is 614 g/mol. The molecule has 35 heavy (non-hydrogen) atoms. The molecule has 0 unspecified atom stereocenters. The van der Waals surface area contributed by atoms with Crippen LogP contribution in [-0.2, 0) is 15.7 Å². The first kappa shape index (κ1) is 24.8. The normalized spacial score (nSPS) is 16.0. The molecular weight excluding hydrogens is 584 g/mol. The van der Waals surface area contributed by atoms with Crippen molar-refractivity contribution in [1.82, 2.24) is 0 Å². The standard InChI is InChI=1S/2C15H11.2CH3.ClH.GeH2.Zr/c2*1-2-7-12(6-1)15-11-5-9-13-8-3-4-10-14(13)15;;;;;/h2*3-11H,1H2;2*1H3;1H;1H2;. The zero-order chi connectivity index (χ0) is 23.4. The first-order valence-electron chi connectivity index (χ1n) is 12.3. The van der Waals surface area contributed by atoms with Crippen LogP contribution in [0.5, 0.6) is 0 Å². The molecule has 2 aliphatic carbocycles. The predicted octanol–water partition coefficient (Wildman–Crippen LogP) is 8.79. The fourth-order valence-electron chi connectivity index (χ4n) is 5.70. The maximum atomic E-state index is 2.68. The first-order valence-corrected chi connectivity index (χ1v) is 30.1. The Hall–Kier alpha value is -1.92. The van der Waals surface area contributed by atoms with Gasteiger partial charge in [0, 0.05) is 0 Å². The van der Waals surface area contributed by atoms with Crippen LogP contribution in [0.4, 0.5) is 0 Å². The Labute approximate surface area is 220 Å². The number of hydrogen-bond donors (Lipinski definition) is 0. The summed E-state index contributed by atoms with van der Waals surface area (Å²) >= 11 is -1.73. The second-order valence-corrected chi connectivity index (χ2v) is 53.5. The van der Waals surface area contributed by atoms with Crippen LogP contribution in [0.1, 0.15) is 24.0 Å². The van der Waals surface area contributed by atoms with E-state index in [0.29, 0.717) is 0 Å². The second kappa shape index (κ2) is 9.18. The van der Waals surface area contributed by atoms with Crippen LogP contribution in [0.3, 0.4) is 0 Å². The van der Waals surface area contributed by atoms with Gasteiger partial charge in [0.25, 0.3) is 0 Å². The predicted molar refractivity (Wildman–Crippen MR) is 157 cm³/mol. The SMILES string of the molecule is Cl.[CH3][Zr]([CH3])(=[GeH2])([C]1=CC(c2cccc3ccccc23)=CC1)[C]1=CC(c2cccc3ccccc23)=CC1. The Bertz CT molecular complexity index is 1550. The van der Waals surface area contributed by atoms with Crippen molar-refractivity contribution in [2.45, 2.75) is 22.1 Å². The van der Waals surface area contributed by atoms with E-state index in [4.69, 9.17) is 0 Å². The van der Waals surface area contributed by atoms with E-state index in [1.54, 1.807) is 6.56 Å². The van der Waals surface area contributed by atoms with E-state index in [0.717, 1.165) is 12.8 Å². The van der Waals surface area contributed by atoms with Gasteiger partial charge in [-0.25, -0.2) is 0 Å². The molecule has 3 heteroatoms. The molecule has 0 amide bonds. The van der Waals surface area contributed by atoms with Gasteiger partial charge < -0.3 is 0 Å². The number of benzene rings is 4. The maximum absolute atomic E-state index is 3.14. The molecule has 0 bridgehead atoms. The number of rotatable bonds is 4.